The number of carbonyl (C=O) groups excluding carboxylic acids is 3. The molecule has 6 nitrogen and oxygen atoms in total. The van der Waals surface area contributed by atoms with E-state index in [2.05, 4.69) is 10.6 Å². The third-order valence-electron chi connectivity index (χ3n) is 4.11. The topological polar surface area (TPSA) is 84.5 Å². The molecule has 0 bridgehead atoms. The molecule has 1 aromatic rings. The number of amides is 3. The van der Waals surface area contributed by atoms with Crippen LogP contribution in [0.3, 0.4) is 0 Å². The van der Waals surface area contributed by atoms with E-state index in [-0.39, 0.29) is 6.04 Å². The van der Waals surface area contributed by atoms with Gasteiger partial charge in [0, 0.05) is 11.1 Å². The minimum absolute atomic E-state index is 0.0417. The van der Waals surface area contributed by atoms with Gasteiger partial charge in [0.05, 0.1) is 5.41 Å². The molecular formula is C17H21ClN2O4. The van der Waals surface area contributed by atoms with Crippen molar-refractivity contribution in [1.29, 1.82) is 0 Å². The van der Waals surface area contributed by atoms with E-state index in [9.17, 15) is 14.4 Å². The molecule has 7 heteroatoms. The van der Waals surface area contributed by atoms with Gasteiger partial charge in [0.1, 0.15) is 0 Å². The number of rotatable bonds is 6. The van der Waals surface area contributed by atoms with Crippen LogP contribution in [0.15, 0.2) is 24.3 Å². The molecule has 3 amide bonds. The summed E-state index contributed by atoms with van der Waals surface area (Å²) in [5.41, 5.74) is 0.135. The van der Waals surface area contributed by atoms with Gasteiger partial charge in [-0.15, -0.1) is 0 Å². The number of ether oxygens (including phenoxy) is 1. The molecule has 1 fully saturated rings. The van der Waals surface area contributed by atoms with E-state index in [0.717, 1.165) is 12.0 Å². The monoisotopic (exact) mass is 352 g/mol. The van der Waals surface area contributed by atoms with Crippen LogP contribution in [0.5, 0.6) is 0 Å². The minimum Gasteiger partial charge on any atom is -0.455 e. The molecule has 1 aliphatic carbocycles. The zero-order valence-corrected chi connectivity index (χ0v) is 14.5. The molecule has 0 aromatic heterocycles. The Labute approximate surface area is 145 Å². The Morgan fingerprint density at radius 2 is 1.88 bits per heavy atom. The van der Waals surface area contributed by atoms with E-state index in [4.69, 9.17) is 16.3 Å². The lowest BCUT2D eigenvalue weighted by Gasteiger charge is -2.15. The summed E-state index contributed by atoms with van der Waals surface area (Å²) in [6, 6.07) is 6.38. The van der Waals surface area contributed by atoms with Crippen molar-refractivity contribution in [3.05, 3.63) is 34.9 Å². The number of hydrogen-bond donors (Lipinski definition) is 2. The van der Waals surface area contributed by atoms with Gasteiger partial charge in [-0.25, -0.2) is 4.79 Å². The lowest BCUT2D eigenvalue weighted by molar-refractivity contribution is -0.150. The maximum absolute atomic E-state index is 12.3. The molecule has 0 aliphatic heterocycles. The lowest BCUT2D eigenvalue weighted by Crippen LogP contribution is -2.45. The molecule has 1 atom stereocenters. The van der Waals surface area contributed by atoms with Crippen LogP contribution in [0.4, 0.5) is 4.79 Å². The normalized spacial score (nSPS) is 16.0. The van der Waals surface area contributed by atoms with E-state index in [1.54, 1.807) is 24.3 Å². The lowest BCUT2D eigenvalue weighted by atomic mass is 9.96. The fraction of sp³-hybridized carbons (Fsp3) is 0.471. The molecule has 1 saturated carbocycles. The zero-order valence-electron chi connectivity index (χ0n) is 13.7. The van der Waals surface area contributed by atoms with Gasteiger partial charge in [0.15, 0.2) is 6.61 Å². The van der Waals surface area contributed by atoms with Gasteiger partial charge < -0.3 is 10.1 Å². The summed E-state index contributed by atoms with van der Waals surface area (Å²) >= 11 is 5.85. The second-order valence-corrected chi connectivity index (χ2v) is 6.43. The number of carbonyl (C=O) groups is 3. The molecule has 1 aliphatic rings. The summed E-state index contributed by atoms with van der Waals surface area (Å²) in [7, 11) is 0. The fourth-order valence-corrected chi connectivity index (χ4v) is 2.42. The summed E-state index contributed by atoms with van der Waals surface area (Å²) in [5.74, 6) is -1.11. The van der Waals surface area contributed by atoms with Crippen molar-refractivity contribution in [3.8, 4) is 0 Å². The highest BCUT2D eigenvalue weighted by Gasteiger charge is 2.52. The van der Waals surface area contributed by atoms with Gasteiger partial charge in [-0.05, 0) is 43.9 Å². The molecule has 24 heavy (non-hydrogen) atoms. The van der Waals surface area contributed by atoms with Crippen molar-refractivity contribution in [2.45, 2.75) is 44.6 Å². The number of halogens is 1. The van der Waals surface area contributed by atoms with Crippen LogP contribution < -0.4 is 10.6 Å². The molecule has 2 N–H and O–H groups in total. The first-order valence-electron chi connectivity index (χ1n) is 7.91. The molecule has 2 rings (SSSR count). The SMILES string of the molecule is CC[C@H](C)NC(=O)NC(=O)COC(=O)C1(c2ccc(Cl)cc2)CC1. The average Bonchev–Trinajstić information content (AvgIpc) is 3.34. The quantitative estimate of drug-likeness (QED) is 0.770. The van der Waals surface area contributed by atoms with E-state index in [1.165, 1.54) is 0 Å². The Hall–Kier alpha value is -2.08. The second-order valence-electron chi connectivity index (χ2n) is 6.00. The second kappa shape index (κ2) is 7.66. The minimum atomic E-state index is -0.691. The maximum Gasteiger partial charge on any atom is 0.321 e. The van der Waals surface area contributed by atoms with Crippen LogP contribution in [0.2, 0.25) is 5.02 Å². The number of nitrogens with one attached hydrogen (secondary N) is 2. The van der Waals surface area contributed by atoms with Gasteiger partial charge in [-0.1, -0.05) is 30.7 Å². The Morgan fingerprint density at radius 1 is 1.25 bits per heavy atom. The number of urea groups is 1. The van der Waals surface area contributed by atoms with Crippen LogP contribution in [0.1, 0.15) is 38.7 Å². The molecular weight excluding hydrogens is 332 g/mol. The van der Waals surface area contributed by atoms with Crippen molar-refractivity contribution in [1.82, 2.24) is 10.6 Å². The number of esters is 1. The average molecular weight is 353 g/mol. The first-order chi connectivity index (χ1) is 11.4. The summed E-state index contributed by atoms with van der Waals surface area (Å²) in [4.78, 5) is 35.5. The first kappa shape index (κ1) is 18.3. The van der Waals surface area contributed by atoms with Crippen molar-refractivity contribution in [2.75, 3.05) is 6.61 Å². The van der Waals surface area contributed by atoms with E-state index < -0.39 is 29.9 Å². The number of imide groups is 1. The number of hydrogen-bond acceptors (Lipinski definition) is 4. The van der Waals surface area contributed by atoms with Crippen molar-refractivity contribution in [3.63, 3.8) is 0 Å². The molecule has 0 radical (unpaired) electrons. The van der Waals surface area contributed by atoms with Crippen LogP contribution in [-0.4, -0.2) is 30.6 Å². The first-order valence-corrected chi connectivity index (χ1v) is 8.29. The smallest absolute Gasteiger partial charge is 0.321 e. The summed E-state index contributed by atoms with van der Waals surface area (Å²) < 4.78 is 5.08. The third-order valence-corrected chi connectivity index (χ3v) is 4.37. The standard InChI is InChI=1S/C17H21ClN2O4/c1-3-11(2)19-16(23)20-14(21)10-24-15(22)17(8-9-17)12-4-6-13(18)7-5-12/h4-7,11H,3,8-10H2,1-2H3,(H2,19,20,21,23)/t11-/m0/s1. The molecule has 1 aromatic carbocycles. The third kappa shape index (κ3) is 4.47. The Kier molecular flexibility index (Phi) is 5.83. The van der Waals surface area contributed by atoms with E-state index in [0.29, 0.717) is 17.9 Å². The predicted molar refractivity (Wildman–Crippen MR) is 89.8 cm³/mol. The highest BCUT2D eigenvalue weighted by atomic mass is 35.5. The van der Waals surface area contributed by atoms with Gasteiger partial charge in [-0.2, -0.15) is 0 Å². The summed E-state index contributed by atoms with van der Waals surface area (Å²) in [5, 5.41) is 5.33. The largest absolute Gasteiger partial charge is 0.455 e. The summed E-state index contributed by atoms with van der Waals surface area (Å²) in [6.07, 6.45) is 2.09. The maximum atomic E-state index is 12.3. The highest BCUT2D eigenvalue weighted by molar-refractivity contribution is 6.30. The van der Waals surface area contributed by atoms with E-state index >= 15 is 0 Å². The molecule has 0 saturated heterocycles. The van der Waals surface area contributed by atoms with Gasteiger partial charge >= 0.3 is 12.0 Å². The van der Waals surface area contributed by atoms with Gasteiger partial charge in [0.25, 0.3) is 5.91 Å². The highest BCUT2D eigenvalue weighted by Crippen LogP contribution is 2.49. The Bertz CT molecular complexity index is 626. The van der Waals surface area contributed by atoms with E-state index in [1.807, 2.05) is 13.8 Å². The number of benzene rings is 1. The Balaban J connectivity index is 1.83. The summed E-state index contributed by atoms with van der Waals surface area (Å²) in [6.45, 7) is 3.26. The van der Waals surface area contributed by atoms with Crippen LogP contribution in [-0.2, 0) is 19.7 Å². The zero-order chi connectivity index (χ0) is 17.7. The fourth-order valence-electron chi connectivity index (χ4n) is 2.30. The van der Waals surface area contributed by atoms with Crippen molar-refractivity contribution < 1.29 is 19.1 Å². The van der Waals surface area contributed by atoms with Crippen LogP contribution >= 0.6 is 11.6 Å². The van der Waals surface area contributed by atoms with Crippen molar-refractivity contribution >= 4 is 29.5 Å². The predicted octanol–water partition coefficient (Wildman–Crippen LogP) is 2.54. The molecule has 0 spiro atoms. The molecule has 0 heterocycles. The van der Waals surface area contributed by atoms with Gasteiger partial charge in [-0.3, -0.25) is 14.9 Å². The Morgan fingerprint density at radius 3 is 2.42 bits per heavy atom. The van der Waals surface area contributed by atoms with Gasteiger partial charge in [0.2, 0.25) is 0 Å². The molecule has 130 valence electrons. The van der Waals surface area contributed by atoms with Crippen LogP contribution in [0, 0.1) is 0 Å². The van der Waals surface area contributed by atoms with Crippen LogP contribution in [0.25, 0.3) is 0 Å². The van der Waals surface area contributed by atoms with Crippen molar-refractivity contribution in [2.24, 2.45) is 0 Å². The molecule has 0 unspecified atom stereocenters.